The molecule has 82 valence electrons. The number of H-pyrrole nitrogens is 1. The fraction of sp³-hybridized carbons (Fsp3) is 0.375. The van der Waals surface area contributed by atoms with Crippen LogP contribution in [0.2, 0.25) is 0 Å². The minimum atomic E-state index is -0.150. The second kappa shape index (κ2) is 4.99. The summed E-state index contributed by atoms with van der Waals surface area (Å²) in [5, 5.41) is 0. The van der Waals surface area contributed by atoms with Crippen LogP contribution in [-0.2, 0) is 0 Å². The highest BCUT2D eigenvalue weighted by atomic mass is 15.1. The fourth-order valence-electron chi connectivity index (χ4n) is 1.13. The van der Waals surface area contributed by atoms with E-state index >= 15 is 0 Å². The Kier molecular flexibility index (Phi) is 3.67. The predicted octanol–water partition coefficient (Wildman–Crippen LogP) is -0.551. The van der Waals surface area contributed by atoms with Gasteiger partial charge in [-0.2, -0.15) is 4.99 Å². The van der Waals surface area contributed by atoms with Crippen LogP contribution in [0.1, 0.15) is 25.2 Å². The highest BCUT2D eigenvalue weighted by Crippen LogP contribution is 2.16. The first kappa shape index (κ1) is 11.0. The SMILES string of the molecule is CCC(N=C(N)N=C(N)N)c1ncc[nH]1. The molecular formula is C8H15N7. The zero-order valence-corrected chi connectivity index (χ0v) is 8.51. The Balaban J connectivity index is 2.82. The highest BCUT2D eigenvalue weighted by molar-refractivity contribution is 5.92. The largest absolute Gasteiger partial charge is 0.370 e. The molecule has 0 aliphatic heterocycles. The van der Waals surface area contributed by atoms with E-state index in [0.29, 0.717) is 0 Å². The number of aliphatic imine (C=N–C) groups is 2. The fourth-order valence-corrected chi connectivity index (χ4v) is 1.13. The van der Waals surface area contributed by atoms with Crippen LogP contribution in [0.3, 0.4) is 0 Å². The Labute approximate surface area is 87.5 Å². The maximum absolute atomic E-state index is 5.52. The van der Waals surface area contributed by atoms with Gasteiger partial charge in [-0.15, -0.1) is 0 Å². The second-order valence-electron chi connectivity index (χ2n) is 2.92. The first-order chi connectivity index (χ1) is 7.13. The normalized spacial score (nSPS) is 13.5. The van der Waals surface area contributed by atoms with Gasteiger partial charge in [-0.1, -0.05) is 6.92 Å². The average Bonchev–Trinajstić information content (AvgIpc) is 2.65. The van der Waals surface area contributed by atoms with Crippen LogP contribution in [0, 0.1) is 0 Å². The van der Waals surface area contributed by atoms with E-state index in [2.05, 4.69) is 20.0 Å². The first-order valence-corrected chi connectivity index (χ1v) is 4.55. The van der Waals surface area contributed by atoms with Crippen molar-refractivity contribution in [3.8, 4) is 0 Å². The van der Waals surface area contributed by atoms with E-state index in [1.807, 2.05) is 6.92 Å². The molecular weight excluding hydrogens is 194 g/mol. The van der Waals surface area contributed by atoms with E-state index in [-0.39, 0.29) is 18.0 Å². The summed E-state index contributed by atoms with van der Waals surface area (Å²) in [5.74, 6) is 0.690. The monoisotopic (exact) mass is 209 g/mol. The molecule has 7 heteroatoms. The molecule has 1 heterocycles. The molecule has 1 rings (SSSR count). The van der Waals surface area contributed by atoms with Crippen molar-refractivity contribution < 1.29 is 0 Å². The van der Waals surface area contributed by atoms with Crippen molar-refractivity contribution in [2.75, 3.05) is 0 Å². The number of rotatable bonds is 3. The molecule has 1 atom stereocenters. The molecule has 0 aliphatic carbocycles. The lowest BCUT2D eigenvalue weighted by molar-refractivity contribution is 0.659. The summed E-state index contributed by atoms with van der Waals surface area (Å²) >= 11 is 0. The molecule has 0 fully saturated rings. The molecule has 7 nitrogen and oxygen atoms in total. The summed E-state index contributed by atoms with van der Waals surface area (Å²) in [6.07, 6.45) is 4.14. The van der Waals surface area contributed by atoms with E-state index in [9.17, 15) is 0 Å². The Morgan fingerprint density at radius 1 is 1.53 bits per heavy atom. The average molecular weight is 209 g/mol. The quantitative estimate of drug-likeness (QED) is 0.392. The Bertz CT molecular complexity index is 347. The van der Waals surface area contributed by atoms with Gasteiger partial charge in [-0.3, -0.25) is 0 Å². The number of hydrogen-bond acceptors (Lipinski definition) is 2. The maximum atomic E-state index is 5.52. The van der Waals surface area contributed by atoms with Crippen molar-refractivity contribution in [2.24, 2.45) is 27.2 Å². The lowest BCUT2D eigenvalue weighted by atomic mass is 10.2. The third-order valence-electron chi connectivity index (χ3n) is 1.75. The van der Waals surface area contributed by atoms with E-state index in [0.717, 1.165) is 12.2 Å². The summed E-state index contributed by atoms with van der Waals surface area (Å²) in [7, 11) is 0. The zero-order chi connectivity index (χ0) is 11.3. The maximum Gasteiger partial charge on any atom is 0.219 e. The number of guanidine groups is 2. The summed E-state index contributed by atoms with van der Waals surface area (Å²) in [5.41, 5.74) is 15.9. The standard InChI is InChI=1S/C8H15N7/c1-2-5(6-12-3-4-13-6)14-8(11)15-7(9)10/h3-5H,2H2,1H3,(H,12,13)(H6,9,10,11,14,15). The molecule has 1 aromatic rings. The number of hydrogen-bond donors (Lipinski definition) is 4. The van der Waals surface area contributed by atoms with Crippen molar-refractivity contribution in [1.82, 2.24) is 9.97 Å². The Morgan fingerprint density at radius 3 is 2.73 bits per heavy atom. The molecule has 15 heavy (non-hydrogen) atoms. The molecule has 0 aromatic carbocycles. The third-order valence-corrected chi connectivity index (χ3v) is 1.75. The van der Waals surface area contributed by atoms with Crippen molar-refractivity contribution in [3.63, 3.8) is 0 Å². The number of imidazole rings is 1. The lowest BCUT2D eigenvalue weighted by Gasteiger charge is -2.06. The van der Waals surface area contributed by atoms with Crippen LogP contribution >= 0.6 is 0 Å². The van der Waals surface area contributed by atoms with E-state index in [1.54, 1.807) is 12.4 Å². The van der Waals surface area contributed by atoms with Crippen molar-refractivity contribution >= 4 is 11.9 Å². The van der Waals surface area contributed by atoms with Gasteiger partial charge in [0, 0.05) is 12.4 Å². The van der Waals surface area contributed by atoms with Gasteiger partial charge in [-0.25, -0.2) is 9.98 Å². The highest BCUT2D eigenvalue weighted by Gasteiger charge is 2.10. The molecule has 1 aromatic heterocycles. The number of aromatic amines is 1. The van der Waals surface area contributed by atoms with Crippen LogP contribution in [0.15, 0.2) is 22.4 Å². The van der Waals surface area contributed by atoms with Crippen molar-refractivity contribution in [3.05, 3.63) is 18.2 Å². The van der Waals surface area contributed by atoms with Crippen molar-refractivity contribution in [1.29, 1.82) is 0 Å². The molecule has 1 unspecified atom stereocenters. The third kappa shape index (κ3) is 3.29. The molecule has 0 spiro atoms. The summed E-state index contributed by atoms with van der Waals surface area (Å²) in [6.45, 7) is 1.97. The van der Waals surface area contributed by atoms with E-state index < -0.39 is 0 Å². The van der Waals surface area contributed by atoms with Gasteiger partial charge < -0.3 is 22.2 Å². The van der Waals surface area contributed by atoms with Crippen LogP contribution in [-0.4, -0.2) is 21.9 Å². The molecule has 0 bridgehead atoms. The van der Waals surface area contributed by atoms with Crippen LogP contribution < -0.4 is 17.2 Å². The number of aromatic nitrogens is 2. The Hall–Kier alpha value is -2.05. The van der Waals surface area contributed by atoms with Gasteiger partial charge in [0.05, 0.1) is 0 Å². The zero-order valence-electron chi connectivity index (χ0n) is 8.51. The van der Waals surface area contributed by atoms with Crippen LogP contribution in [0.5, 0.6) is 0 Å². The van der Waals surface area contributed by atoms with E-state index in [1.165, 1.54) is 0 Å². The van der Waals surface area contributed by atoms with Crippen LogP contribution in [0.25, 0.3) is 0 Å². The van der Waals surface area contributed by atoms with E-state index in [4.69, 9.17) is 17.2 Å². The number of nitrogens with zero attached hydrogens (tertiary/aromatic N) is 3. The van der Waals surface area contributed by atoms with Gasteiger partial charge >= 0.3 is 0 Å². The molecule has 0 aliphatic rings. The molecule has 0 saturated heterocycles. The number of nitrogens with one attached hydrogen (secondary N) is 1. The van der Waals surface area contributed by atoms with Crippen molar-refractivity contribution in [2.45, 2.75) is 19.4 Å². The Morgan fingerprint density at radius 2 is 2.27 bits per heavy atom. The van der Waals surface area contributed by atoms with Gasteiger partial charge in [0.2, 0.25) is 5.96 Å². The minimum absolute atomic E-state index is 0.0539. The number of nitrogens with two attached hydrogens (primary N) is 3. The molecule has 7 N–H and O–H groups in total. The smallest absolute Gasteiger partial charge is 0.219 e. The molecule has 0 amide bonds. The lowest BCUT2D eigenvalue weighted by Crippen LogP contribution is -2.26. The van der Waals surface area contributed by atoms with Gasteiger partial charge in [0.25, 0.3) is 0 Å². The summed E-state index contributed by atoms with van der Waals surface area (Å²) < 4.78 is 0. The summed E-state index contributed by atoms with van der Waals surface area (Å²) in [6, 6.07) is -0.150. The van der Waals surface area contributed by atoms with Gasteiger partial charge in [0.15, 0.2) is 5.96 Å². The minimum Gasteiger partial charge on any atom is -0.370 e. The van der Waals surface area contributed by atoms with Gasteiger partial charge in [0.1, 0.15) is 11.9 Å². The second-order valence-corrected chi connectivity index (χ2v) is 2.92. The molecule has 0 radical (unpaired) electrons. The predicted molar refractivity (Wildman–Crippen MR) is 59.1 cm³/mol. The van der Waals surface area contributed by atoms with Gasteiger partial charge in [-0.05, 0) is 6.42 Å². The molecule has 0 saturated carbocycles. The van der Waals surface area contributed by atoms with Crippen LogP contribution in [0.4, 0.5) is 0 Å². The topological polar surface area (TPSA) is 131 Å². The summed E-state index contributed by atoms with van der Waals surface area (Å²) in [4.78, 5) is 14.8. The first-order valence-electron chi connectivity index (χ1n) is 4.55.